The van der Waals surface area contributed by atoms with Gasteiger partial charge in [-0.25, -0.2) is 0 Å². The van der Waals surface area contributed by atoms with Crippen LogP contribution in [0.2, 0.25) is 0 Å². The molecule has 1 saturated carbocycles. The van der Waals surface area contributed by atoms with Crippen molar-refractivity contribution in [3.63, 3.8) is 0 Å². The molecule has 4 rings (SSSR count). The predicted molar refractivity (Wildman–Crippen MR) is 104 cm³/mol. The minimum Gasteiger partial charge on any atom is -0.322 e. The van der Waals surface area contributed by atoms with E-state index in [-0.39, 0.29) is 17.7 Å². The second kappa shape index (κ2) is 6.60. The summed E-state index contributed by atoms with van der Waals surface area (Å²) >= 11 is 0. The number of anilines is 2. The van der Waals surface area contributed by atoms with Gasteiger partial charge < -0.3 is 10.2 Å². The number of aryl methyl sites for hydroxylation is 3. The van der Waals surface area contributed by atoms with Crippen LogP contribution in [0.3, 0.4) is 0 Å². The summed E-state index contributed by atoms with van der Waals surface area (Å²) in [7, 11) is 0. The third kappa shape index (κ3) is 3.24. The fraction of sp³-hybridized carbons (Fsp3) is 0.364. The number of benzene rings is 2. The van der Waals surface area contributed by atoms with Crippen molar-refractivity contribution in [1.82, 2.24) is 0 Å². The second-order valence-corrected chi connectivity index (χ2v) is 7.46. The maximum absolute atomic E-state index is 12.6. The minimum atomic E-state index is -0.121. The molecule has 0 bridgehead atoms. The van der Waals surface area contributed by atoms with Crippen molar-refractivity contribution in [3.05, 3.63) is 58.7 Å². The highest BCUT2D eigenvalue weighted by Gasteiger charge is 2.35. The minimum absolute atomic E-state index is 0.121. The van der Waals surface area contributed by atoms with Crippen LogP contribution in [0.5, 0.6) is 0 Å². The first-order valence-electron chi connectivity index (χ1n) is 9.36. The number of rotatable bonds is 3. The zero-order valence-corrected chi connectivity index (χ0v) is 15.3. The fourth-order valence-electron chi connectivity index (χ4n) is 3.52. The van der Waals surface area contributed by atoms with Gasteiger partial charge in [-0.3, -0.25) is 9.59 Å². The van der Waals surface area contributed by atoms with Crippen molar-refractivity contribution < 1.29 is 9.59 Å². The van der Waals surface area contributed by atoms with Gasteiger partial charge in [-0.05, 0) is 80.5 Å². The number of hydrogen-bond acceptors (Lipinski definition) is 2. The molecule has 0 atom stereocenters. The Hall–Kier alpha value is -2.62. The van der Waals surface area contributed by atoms with Gasteiger partial charge in [-0.1, -0.05) is 12.1 Å². The van der Waals surface area contributed by atoms with Crippen LogP contribution in [0.1, 0.15) is 46.3 Å². The molecule has 4 heteroatoms. The van der Waals surface area contributed by atoms with E-state index in [1.807, 2.05) is 55.1 Å². The topological polar surface area (TPSA) is 49.4 Å². The number of amides is 2. The predicted octanol–water partition coefficient (Wildman–Crippen LogP) is 4.24. The third-order valence-electron chi connectivity index (χ3n) is 5.42. The number of carbonyl (C=O) groups excluding carboxylic acids is 2. The molecule has 2 aliphatic rings. The summed E-state index contributed by atoms with van der Waals surface area (Å²) in [6.45, 7) is 4.81. The smallest absolute Gasteiger partial charge is 0.255 e. The Morgan fingerprint density at radius 3 is 2.58 bits per heavy atom. The van der Waals surface area contributed by atoms with Gasteiger partial charge in [0.1, 0.15) is 0 Å². The van der Waals surface area contributed by atoms with Crippen molar-refractivity contribution >= 4 is 23.2 Å². The highest BCUT2D eigenvalue weighted by Crippen LogP contribution is 2.37. The Balaban J connectivity index is 1.57. The number of carbonyl (C=O) groups is 2. The molecule has 0 saturated heterocycles. The summed E-state index contributed by atoms with van der Waals surface area (Å²) in [5.74, 6) is 0.322. The zero-order chi connectivity index (χ0) is 18.3. The lowest BCUT2D eigenvalue weighted by Gasteiger charge is -2.30. The summed E-state index contributed by atoms with van der Waals surface area (Å²) < 4.78 is 0. The van der Waals surface area contributed by atoms with E-state index in [1.54, 1.807) is 0 Å². The van der Waals surface area contributed by atoms with Crippen LogP contribution in [-0.4, -0.2) is 18.4 Å². The van der Waals surface area contributed by atoms with Gasteiger partial charge in [0.25, 0.3) is 5.91 Å². The average molecular weight is 348 g/mol. The molecule has 4 nitrogen and oxygen atoms in total. The summed E-state index contributed by atoms with van der Waals surface area (Å²) in [4.78, 5) is 27.1. The van der Waals surface area contributed by atoms with Crippen molar-refractivity contribution in [3.8, 4) is 0 Å². The molecule has 1 aliphatic heterocycles. The average Bonchev–Trinajstić information content (AvgIpc) is 3.48. The molecule has 26 heavy (non-hydrogen) atoms. The van der Waals surface area contributed by atoms with Crippen LogP contribution in [0.15, 0.2) is 36.4 Å². The lowest BCUT2D eigenvalue weighted by Crippen LogP contribution is -2.36. The van der Waals surface area contributed by atoms with E-state index in [1.165, 1.54) is 11.1 Å². The van der Waals surface area contributed by atoms with E-state index in [0.29, 0.717) is 5.56 Å². The zero-order valence-electron chi connectivity index (χ0n) is 15.3. The summed E-state index contributed by atoms with van der Waals surface area (Å²) in [6.07, 6.45) is 4.00. The Morgan fingerprint density at radius 1 is 1.04 bits per heavy atom. The van der Waals surface area contributed by atoms with E-state index >= 15 is 0 Å². The molecule has 0 unspecified atom stereocenters. The Kier molecular flexibility index (Phi) is 4.27. The first-order valence-corrected chi connectivity index (χ1v) is 9.36. The molecule has 2 aromatic rings. The Bertz CT molecular complexity index is 884. The summed E-state index contributed by atoms with van der Waals surface area (Å²) in [5, 5.41) is 2.98. The van der Waals surface area contributed by atoms with Gasteiger partial charge in [-0.2, -0.15) is 0 Å². The largest absolute Gasteiger partial charge is 0.322 e. The Labute approximate surface area is 154 Å². The van der Waals surface area contributed by atoms with E-state index in [9.17, 15) is 9.59 Å². The van der Waals surface area contributed by atoms with Gasteiger partial charge in [0.15, 0.2) is 0 Å². The van der Waals surface area contributed by atoms with Crippen LogP contribution >= 0.6 is 0 Å². The maximum atomic E-state index is 12.6. The van der Waals surface area contributed by atoms with Crippen LogP contribution in [-0.2, 0) is 11.2 Å². The van der Waals surface area contributed by atoms with Crippen LogP contribution in [0.25, 0.3) is 0 Å². The number of hydrogen-bond donors (Lipinski definition) is 1. The van der Waals surface area contributed by atoms with Gasteiger partial charge >= 0.3 is 0 Å². The molecule has 2 amide bonds. The number of nitrogens with zero attached hydrogens (tertiary/aromatic N) is 1. The van der Waals surface area contributed by atoms with Crippen molar-refractivity contribution in [2.24, 2.45) is 5.92 Å². The molecule has 1 aliphatic carbocycles. The van der Waals surface area contributed by atoms with E-state index < -0.39 is 0 Å². The quantitative estimate of drug-likeness (QED) is 0.902. The van der Waals surface area contributed by atoms with Crippen molar-refractivity contribution in [1.29, 1.82) is 0 Å². The van der Waals surface area contributed by atoms with E-state index in [0.717, 1.165) is 49.2 Å². The molecule has 0 spiro atoms. The summed E-state index contributed by atoms with van der Waals surface area (Å²) in [6, 6.07) is 11.6. The lowest BCUT2D eigenvalue weighted by molar-refractivity contribution is -0.119. The van der Waals surface area contributed by atoms with E-state index in [2.05, 4.69) is 5.32 Å². The monoisotopic (exact) mass is 348 g/mol. The SMILES string of the molecule is Cc1ccc(C(=O)Nc2ccc3c(c2)N(C(=O)C2CC2)CCC3)cc1C. The first kappa shape index (κ1) is 16.8. The normalized spacial score (nSPS) is 16.2. The van der Waals surface area contributed by atoms with E-state index in [4.69, 9.17) is 0 Å². The molecule has 1 fully saturated rings. The standard InChI is InChI=1S/C22H24N2O2/c1-14-5-6-18(12-15(14)2)21(25)23-19-10-9-16-4-3-11-24(20(16)13-19)22(26)17-7-8-17/h5-6,9-10,12-13,17H,3-4,7-8,11H2,1-2H3,(H,23,25). The van der Waals surface area contributed by atoms with Crippen LogP contribution < -0.4 is 10.2 Å². The van der Waals surface area contributed by atoms with Crippen molar-refractivity contribution in [2.75, 3.05) is 16.8 Å². The molecule has 0 aromatic heterocycles. The van der Waals surface area contributed by atoms with Gasteiger partial charge in [0, 0.05) is 29.4 Å². The lowest BCUT2D eigenvalue weighted by atomic mass is 10.0. The summed E-state index contributed by atoms with van der Waals surface area (Å²) in [5.41, 5.74) is 5.81. The molecule has 1 N–H and O–H groups in total. The molecule has 1 heterocycles. The van der Waals surface area contributed by atoms with Gasteiger partial charge in [0.05, 0.1) is 0 Å². The second-order valence-electron chi connectivity index (χ2n) is 7.46. The van der Waals surface area contributed by atoms with Gasteiger partial charge in [0.2, 0.25) is 5.91 Å². The van der Waals surface area contributed by atoms with Crippen LogP contribution in [0, 0.1) is 19.8 Å². The molecular formula is C22H24N2O2. The number of fused-ring (bicyclic) bond motifs is 1. The third-order valence-corrected chi connectivity index (χ3v) is 5.42. The highest BCUT2D eigenvalue weighted by atomic mass is 16.2. The number of nitrogens with one attached hydrogen (secondary N) is 1. The fourth-order valence-corrected chi connectivity index (χ4v) is 3.52. The molecule has 2 aromatic carbocycles. The van der Waals surface area contributed by atoms with Gasteiger partial charge in [-0.15, -0.1) is 0 Å². The van der Waals surface area contributed by atoms with Crippen molar-refractivity contribution in [2.45, 2.75) is 39.5 Å². The van der Waals surface area contributed by atoms with Crippen LogP contribution in [0.4, 0.5) is 11.4 Å². The first-order chi connectivity index (χ1) is 12.5. The molecule has 134 valence electrons. The molecular weight excluding hydrogens is 324 g/mol. The maximum Gasteiger partial charge on any atom is 0.255 e. The highest BCUT2D eigenvalue weighted by molar-refractivity contribution is 6.05. The molecule has 0 radical (unpaired) electrons. The Morgan fingerprint density at radius 2 is 1.85 bits per heavy atom.